The van der Waals surface area contributed by atoms with Crippen molar-refractivity contribution in [3.63, 3.8) is 0 Å². The number of nitrogens with zero attached hydrogens (tertiary/aromatic N) is 2. The first-order valence-corrected chi connectivity index (χ1v) is 6.35. The summed E-state index contributed by atoms with van der Waals surface area (Å²) in [7, 11) is 0. The van der Waals surface area contributed by atoms with Crippen LogP contribution in [0.4, 0.5) is 11.4 Å². The quantitative estimate of drug-likeness (QED) is 0.751. The van der Waals surface area contributed by atoms with Crippen molar-refractivity contribution in [2.45, 2.75) is 0 Å². The maximum atomic E-state index is 9.17. The lowest BCUT2D eigenvalue weighted by molar-refractivity contribution is 1.37. The van der Waals surface area contributed by atoms with E-state index in [1.807, 2.05) is 41.8 Å². The summed E-state index contributed by atoms with van der Waals surface area (Å²) in [6.07, 6.45) is 1.61. The fraction of sp³-hybridized carbons (Fsp3) is 0. The number of para-hydroxylation sites is 1. The number of rotatable bonds is 2. The molecule has 4 heteroatoms. The number of aromatic nitrogens is 1. The molecule has 0 unspecified atom stereocenters. The fourth-order valence-electron chi connectivity index (χ4n) is 1.79. The van der Waals surface area contributed by atoms with Gasteiger partial charge in [-0.1, -0.05) is 18.2 Å². The average Bonchev–Trinajstić information content (AvgIpc) is 2.89. The number of benzene rings is 1. The molecule has 1 N–H and O–H groups in total. The van der Waals surface area contributed by atoms with E-state index in [4.69, 9.17) is 5.26 Å². The summed E-state index contributed by atoms with van der Waals surface area (Å²) < 4.78 is 1.01. The Hall–Kier alpha value is -2.38. The Morgan fingerprint density at radius 2 is 2.00 bits per heavy atom. The summed E-state index contributed by atoms with van der Waals surface area (Å²) in [5.74, 6) is 0. The van der Waals surface area contributed by atoms with Gasteiger partial charge >= 0.3 is 0 Å². The minimum Gasteiger partial charge on any atom is -0.353 e. The molecule has 1 aromatic carbocycles. The van der Waals surface area contributed by atoms with Crippen molar-refractivity contribution in [3.05, 3.63) is 53.5 Å². The van der Waals surface area contributed by atoms with Crippen LogP contribution in [0.5, 0.6) is 0 Å². The highest BCUT2D eigenvalue weighted by Crippen LogP contribution is 2.32. The SMILES string of the molecule is N#Cc1cnc2ccsc2c1Nc1ccccc1. The molecule has 0 aliphatic heterocycles. The van der Waals surface area contributed by atoms with Gasteiger partial charge in [-0.25, -0.2) is 0 Å². The Balaban J connectivity index is 2.15. The van der Waals surface area contributed by atoms with Crippen LogP contribution in [0, 0.1) is 11.3 Å². The maximum Gasteiger partial charge on any atom is 0.103 e. The standard InChI is InChI=1S/C14H9N3S/c15-8-10-9-16-12-6-7-18-14(12)13(10)17-11-4-2-1-3-5-11/h1-7,9H,(H,16,17). The Bertz CT molecular complexity index is 726. The minimum absolute atomic E-state index is 0.564. The molecule has 86 valence electrons. The molecule has 0 fully saturated rings. The summed E-state index contributed by atoms with van der Waals surface area (Å²) in [6.45, 7) is 0. The summed E-state index contributed by atoms with van der Waals surface area (Å²) in [6, 6.07) is 14.0. The molecule has 3 rings (SSSR count). The van der Waals surface area contributed by atoms with Crippen molar-refractivity contribution in [2.24, 2.45) is 0 Å². The molecule has 3 nitrogen and oxygen atoms in total. The van der Waals surface area contributed by atoms with E-state index in [2.05, 4.69) is 16.4 Å². The first kappa shape index (κ1) is 10.8. The van der Waals surface area contributed by atoms with Crippen LogP contribution in [-0.2, 0) is 0 Å². The highest BCUT2D eigenvalue weighted by atomic mass is 32.1. The lowest BCUT2D eigenvalue weighted by Gasteiger charge is -2.08. The van der Waals surface area contributed by atoms with Gasteiger partial charge in [-0.2, -0.15) is 5.26 Å². The highest BCUT2D eigenvalue weighted by Gasteiger charge is 2.09. The van der Waals surface area contributed by atoms with Gasteiger partial charge in [0.2, 0.25) is 0 Å². The topological polar surface area (TPSA) is 48.7 Å². The summed E-state index contributed by atoms with van der Waals surface area (Å²) in [5.41, 5.74) is 3.28. The van der Waals surface area contributed by atoms with E-state index in [0.717, 1.165) is 21.6 Å². The molecule has 2 heterocycles. The van der Waals surface area contributed by atoms with Gasteiger partial charge < -0.3 is 5.32 Å². The number of thiophene rings is 1. The second-order valence-electron chi connectivity index (χ2n) is 3.78. The second-order valence-corrected chi connectivity index (χ2v) is 4.70. The zero-order valence-electron chi connectivity index (χ0n) is 9.42. The molecule has 0 amide bonds. The molecule has 0 aliphatic rings. The summed E-state index contributed by atoms with van der Waals surface area (Å²) in [4.78, 5) is 4.26. The number of hydrogen-bond acceptors (Lipinski definition) is 4. The molecule has 0 aliphatic carbocycles. The lowest BCUT2D eigenvalue weighted by atomic mass is 10.2. The molecule has 0 saturated heterocycles. The number of pyridine rings is 1. The third-order valence-electron chi connectivity index (χ3n) is 2.64. The Kier molecular flexibility index (Phi) is 2.67. The summed E-state index contributed by atoms with van der Waals surface area (Å²) in [5, 5.41) is 14.4. The van der Waals surface area contributed by atoms with Gasteiger partial charge in [-0.3, -0.25) is 4.98 Å². The number of nitrogens with one attached hydrogen (secondary N) is 1. The molecule has 0 radical (unpaired) electrons. The van der Waals surface area contributed by atoms with Crippen LogP contribution in [0.1, 0.15) is 5.56 Å². The number of hydrogen-bond donors (Lipinski definition) is 1. The van der Waals surface area contributed by atoms with Crippen LogP contribution in [-0.4, -0.2) is 4.98 Å². The van der Waals surface area contributed by atoms with Crippen LogP contribution in [0.25, 0.3) is 10.2 Å². The van der Waals surface area contributed by atoms with Crippen molar-refractivity contribution < 1.29 is 0 Å². The Labute approximate surface area is 108 Å². The molecule has 2 aromatic heterocycles. The Morgan fingerprint density at radius 3 is 2.78 bits per heavy atom. The van der Waals surface area contributed by atoms with E-state index in [1.54, 1.807) is 17.5 Å². The molecular formula is C14H9N3S. The van der Waals surface area contributed by atoms with E-state index in [-0.39, 0.29) is 0 Å². The van der Waals surface area contributed by atoms with E-state index in [0.29, 0.717) is 5.56 Å². The van der Waals surface area contributed by atoms with E-state index in [9.17, 15) is 0 Å². The molecule has 0 saturated carbocycles. The lowest BCUT2D eigenvalue weighted by Crippen LogP contribution is -1.94. The van der Waals surface area contributed by atoms with Crippen molar-refractivity contribution in [3.8, 4) is 6.07 Å². The van der Waals surface area contributed by atoms with Gasteiger partial charge in [0, 0.05) is 11.9 Å². The molecule has 0 spiro atoms. The fourth-order valence-corrected chi connectivity index (χ4v) is 2.64. The largest absolute Gasteiger partial charge is 0.353 e. The maximum absolute atomic E-state index is 9.17. The zero-order valence-corrected chi connectivity index (χ0v) is 10.2. The predicted octanol–water partition coefficient (Wildman–Crippen LogP) is 3.91. The van der Waals surface area contributed by atoms with Crippen molar-refractivity contribution in [1.29, 1.82) is 5.26 Å². The molecular weight excluding hydrogens is 242 g/mol. The minimum atomic E-state index is 0.564. The highest BCUT2D eigenvalue weighted by molar-refractivity contribution is 7.17. The third kappa shape index (κ3) is 1.81. The van der Waals surface area contributed by atoms with Crippen molar-refractivity contribution >= 4 is 32.9 Å². The van der Waals surface area contributed by atoms with Gasteiger partial charge in [0.1, 0.15) is 6.07 Å². The molecule has 0 atom stereocenters. The van der Waals surface area contributed by atoms with Crippen LogP contribution in [0.3, 0.4) is 0 Å². The summed E-state index contributed by atoms with van der Waals surface area (Å²) >= 11 is 1.59. The average molecular weight is 251 g/mol. The predicted molar refractivity (Wildman–Crippen MR) is 74.1 cm³/mol. The van der Waals surface area contributed by atoms with Gasteiger partial charge in [0.05, 0.1) is 21.5 Å². The van der Waals surface area contributed by atoms with Crippen LogP contribution in [0.2, 0.25) is 0 Å². The monoisotopic (exact) mass is 251 g/mol. The normalized spacial score (nSPS) is 10.2. The zero-order chi connectivity index (χ0) is 12.4. The van der Waals surface area contributed by atoms with Crippen LogP contribution in [0.15, 0.2) is 48.0 Å². The van der Waals surface area contributed by atoms with E-state index < -0.39 is 0 Å². The molecule has 0 bridgehead atoms. The van der Waals surface area contributed by atoms with Gasteiger partial charge in [-0.05, 0) is 23.6 Å². The Morgan fingerprint density at radius 1 is 1.17 bits per heavy atom. The van der Waals surface area contributed by atoms with Gasteiger partial charge in [0.15, 0.2) is 0 Å². The molecule has 18 heavy (non-hydrogen) atoms. The van der Waals surface area contributed by atoms with Crippen molar-refractivity contribution in [2.75, 3.05) is 5.32 Å². The smallest absolute Gasteiger partial charge is 0.103 e. The first-order valence-electron chi connectivity index (χ1n) is 5.47. The first-order chi connectivity index (χ1) is 8.88. The van der Waals surface area contributed by atoms with E-state index in [1.165, 1.54) is 0 Å². The number of anilines is 2. The van der Waals surface area contributed by atoms with Gasteiger partial charge in [-0.15, -0.1) is 11.3 Å². The molecule has 3 aromatic rings. The number of fused-ring (bicyclic) bond motifs is 1. The van der Waals surface area contributed by atoms with Gasteiger partial charge in [0.25, 0.3) is 0 Å². The van der Waals surface area contributed by atoms with Crippen molar-refractivity contribution in [1.82, 2.24) is 4.98 Å². The van der Waals surface area contributed by atoms with Crippen LogP contribution < -0.4 is 5.32 Å². The second kappa shape index (κ2) is 4.47. The number of nitriles is 1. The van der Waals surface area contributed by atoms with Crippen LogP contribution >= 0.6 is 11.3 Å². The van der Waals surface area contributed by atoms with E-state index >= 15 is 0 Å². The third-order valence-corrected chi connectivity index (χ3v) is 3.56.